The van der Waals surface area contributed by atoms with Gasteiger partial charge in [-0.2, -0.15) is 10.2 Å². The fourth-order valence-corrected chi connectivity index (χ4v) is 2.03. The van der Waals surface area contributed by atoms with Gasteiger partial charge in [-0.05, 0) is 61.4 Å². The van der Waals surface area contributed by atoms with Gasteiger partial charge in [-0.15, -0.1) is 0 Å². The Kier molecular flexibility index (Phi) is 3.77. The average Bonchev–Trinajstić information content (AvgIpc) is 2.30. The van der Waals surface area contributed by atoms with Crippen LogP contribution in [0, 0.1) is 13.8 Å². The first-order chi connectivity index (χ1) is 8.56. The van der Waals surface area contributed by atoms with Crippen LogP contribution in [-0.2, 0) is 0 Å². The minimum absolute atomic E-state index is 0.757. The highest BCUT2D eigenvalue weighted by Gasteiger charge is 2.02. The van der Waals surface area contributed by atoms with E-state index in [9.17, 15) is 0 Å². The molecule has 4 heteroatoms. The Labute approximate surface area is 115 Å². The summed E-state index contributed by atoms with van der Waals surface area (Å²) in [5.74, 6) is 0. The molecule has 0 fully saturated rings. The van der Waals surface area contributed by atoms with Gasteiger partial charge in [-0.1, -0.05) is 15.9 Å². The van der Waals surface area contributed by atoms with Gasteiger partial charge in [0.05, 0.1) is 11.4 Å². The summed E-state index contributed by atoms with van der Waals surface area (Å²) in [7, 11) is 0. The van der Waals surface area contributed by atoms with E-state index in [-0.39, 0.29) is 0 Å². The van der Waals surface area contributed by atoms with E-state index in [2.05, 4.69) is 26.2 Å². The summed E-state index contributed by atoms with van der Waals surface area (Å²) in [4.78, 5) is 0. The quantitative estimate of drug-likeness (QED) is 0.611. The second-order valence-electron chi connectivity index (χ2n) is 4.18. The molecule has 0 atom stereocenters. The van der Waals surface area contributed by atoms with Crippen molar-refractivity contribution in [2.45, 2.75) is 13.8 Å². The maximum absolute atomic E-state index is 5.77. The molecule has 0 aliphatic heterocycles. The Bertz CT molecular complexity index is 565. The van der Waals surface area contributed by atoms with Crippen molar-refractivity contribution >= 4 is 33.0 Å². The molecule has 2 aromatic carbocycles. The van der Waals surface area contributed by atoms with Crippen molar-refractivity contribution in [1.29, 1.82) is 0 Å². The van der Waals surface area contributed by atoms with Crippen LogP contribution in [0.15, 0.2) is 51.1 Å². The number of hydrogen-bond donors (Lipinski definition) is 1. The summed E-state index contributed by atoms with van der Waals surface area (Å²) in [6.07, 6.45) is 0. The minimum Gasteiger partial charge on any atom is -0.399 e. The number of anilines is 1. The molecule has 0 amide bonds. The van der Waals surface area contributed by atoms with E-state index in [4.69, 9.17) is 5.73 Å². The lowest BCUT2D eigenvalue weighted by atomic mass is 10.1. The number of nitrogens with two attached hydrogens (primary N) is 1. The molecule has 0 unspecified atom stereocenters. The van der Waals surface area contributed by atoms with Crippen LogP contribution in [0.5, 0.6) is 0 Å². The molecule has 0 heterocycles. The van der Waals surface area contributed by atoms with Gasteiger partial charge in [0.1, 0.15) is 0 Å². The fraction of sp³-hybridized carbons (Fsp3) is 0.143. The number of nitrogen functional groups attached to an aromatic ring is 1. The van der Waals surface area contributed by atoms with Gasteiger partial charge in [-0.3, -0.25) is 0 Å². The third kappa shape index (κ3) is 2.96. The first-order valence-electron chi connectivity index (χ1n) is 5.60. The highest BCUT2D eigenvalue weighted by molar-refractivity contribution is 9.10. The minimum atomic E-state index is 0.757. The van der Waals surface area contributed by atoms with Crippen LogP contribution >= 0.6 is 15.9 Å². The number of halogens is 1. The third-order valence-corrected chi connectivity index (χ3v) is 3.13. The Hall–Kier alpha value is -1.68. The van der Waals surface area contributed by atoms with Gasteiger partial charge < -0.3 is 5.73 Å². The predicted octanol–water partition coefficient (Wildman–Crippen LogP) is 5.06. The van der Waals surface area contributed by atoms with Gasteiger partial charge in [-0.25, -0.2) is 0 Å². The van der Waals surface area contributed by atoms with Gasteiger partial charge in [0.2, 0.25) is 0 Å². The normalized spacial score (nSPS) is 11.1. The molecule has 0 saturated heterocycles. The zero-order chi connectivity index (χ0) is 13.1. The molecule has 0 radical (unpaired) electrons. The zero-order valence-corrected chi connectivity index (χ0v) is 11.9. The number of rotatable bonds is 2. The Morgan fingerprint density at radius 1 is 0.944 bits per heavy atom. The second kappa shape index (κ2) is 5.31. The molecule has 0 bridgehead atoms. The van der Waals surface area contributed by atoms with Crippen LogP contribution in [0.2, 0.25) is 0 Å². The van der Waals surface area contributed by atoms with E-state index in [0.29, 0.717) is 0 Å². The summed E-state index contributed by atoms with van der Waals surface area (Å²) in [5, 5.41) is 8.53. The lowest BCUT2D eigenvalue weighted by molar-refractivity contribution is 1.19. The maximum atomic E-state index is 5.77. The third-order valence-electron chi connectivity index (χ3n) is 2.61. The number of nitrogens with zero attached hydrogens (tertiary/aromatic N) is 2. The molecule has 2 rings (SSSR count). The van der Waals surface area contributed by atoms with Crippen LogP contribution in [0.1, 0.15) is 11.1 Å². The zero-order valence-electron chi connectivity index (χ0n) is 10.3. The molecule has 0 aromatic heterocycles. The van der Waals surface area contributed by atoms with E-state index in [1.807, 2.05) is 50.2 Å². The smallest absolute Gasteiger partial charge is 0.0916 e. The molecular formula is C14H14BrN3. The van der Waals surface area contributed by atoms with Gasteiger partial charge in [0, 0.05) is 10.2 Å². The van der Waals surface area contributed by atoms with E-state index in [1.54, 1.807) is 0 Å². The second-order valence-corrected chi connectivity index (χ2v) is 5.10. The summed E-state index contributed by atoms with van der Waals surface area (Å²) >= 11 is 3.39. The standard InChI is InChI=1S/C14H14BrN3/c1-9-7-12(16)8-10(2)14(9)18-17-13-5-3-11(15)4-6-13/h3-8H,16H2,1-2H3. The van der Waals surface area contributed by atoms with Crippen LogP contribution in [0.25, 0.3) is 0 Å². The monoisotopic (exact) mass is 303 g/mol. The van der Waals surface area contributed by atoms with E-state index in [1.165, 1.54) is 0 Å². The highest BCUT2D eigenvalue weighted by Crippen LogP contribution is 2.28. The molecule has 92 valence electrons. The van der Waals surface area contributed by atoms with Crippen LogP contribution in [0.4, 0.5) is 17.1 Å². The Morgan fingerprint density at radius 2 is 1.50 bits per heavy atom. The Morgan fingerprint density at radius 3 is 2.06 bits per heavy atom. The van der Waals surface area contributed by atoms with Crippen molar-refractivity contribution in [3.8, 4) is 0 Å². The predicted molar refractivity (Wildman–Crippen MR) is 78.6 cm³/mol. The number of aryl methyl sites for hydroxylation is 2. The van der Waals surface area contributed by atoms with Crippen molar-refractivity contribution in [3.63, 3.8) is 0 Å². The summed E-state index contributed by atoms with van der Waals surface area (Å²) < 4.78 is 1.03. The van der Waals surface area contributed by atoms with E-state index < -0.39 is 0 Å². The van der Waals surface area contributed by atoms with Crippen LogP contribution in [-0.4, -0.2) is 0 Å². The number of benzene rings is 2. The van der Waals surface area contributed by atoms with Gasteiger partial charge >= 0.3 is 0 Å². The number of azo groups is 1. The van der Waals surface area contributed by atoms with Crippen molar-refractivity contribution < 1.29 is 0 Å². The first-order valence-corrected chi connectivity index (χ1v) is 6.39. The van der Waals surface area contributed by atoms with Gasteiger partial charge in [0.15, 0.2) is 0 Å². The lowest BCUT2D eigenvalue weighted by Crippen LogP contribution is -1.88. The molecule has 0 aliphatic rings. The Balaban J connectivity index is 2.31. The van der Waals surface area contributed by atoms with Crippen LogP contribution < -0.4 is 5.73 Å². The summed E-state index contributed by atoms with van der Waals surface area (Å²) in [6, 6.07) is 11.5. The van der Waals surface area contributed by atoms with Crippen LogP contribution in [0.3, 0.4) is 0 Å². The summed E-state index contributed by atoms with van der Waals surface area (Å²) in [6.45, 7) is 3.97. The molecule has 18 heavy (non-hydrogen) atoms. The molecular weight excluding hydrogens is 290 g/mol. The topological polar surface area (TPSA) is 50.7 Å². The fourth-order valence-electron chi connectivity index (χ4n) is 1.76. The highest BCUT2D eigenvalue weighted by atomic mass is 79.9. The number of hydrogen-bond acceptors (Lipinski definition) is 3. The summed E-state index contributed by atoms with van der Waals surface area (Å²) in [5.41, 5.74) is 10.3. The van der Waals surface area contributed by atoms with Gasteiger partial charge in [0.25, 0.3) is 0 Å². The first kappa shape index (κ1) is 12.8. The molecule has 0 saturated carbocycles. The van der Waals surface area contributed by atoms with Crippen molar-refractivity contribution in [1.82, 2.24) is 0 Å². The largest absolute Gasteiger partial charge is 0.399 e. The molecule has 0 spiro atoms. The van der Waals surface area contributed by atoms with E-state index >= 15 is 0 Å². The van der Waals surface area contributed by atoms with E-state index in [0.717, 1.165) is 32.7 Å². The van der Waals surface area contributed by atoms with Crippen molar-refractivity contribution in [3.05, 3.63) is 52.0 Å². The van der Waals surface area contributed by atoms with Crippen molar-refractivity contribution in [2.75, 3.05) is 5.73 Å². The average molecular weight is 304 g/mol. The molecule has 2 aromatic rings. The van der Waals surface area contributed by atoms with Crippen molar-refractivity contribution in [2.24, 2.45) is 10.2 Å². The maximum Gasteiger partial charge on any atom is 0.0916 e. The SMILES string of the molecule is Cc1cc(N)cc(C)c1N=Nc1ccc(Br)cc1. The molecule has 0 aliphatic carbocycles. The lowest BCUT2D eigenvalue weighted by Gasteiger charge is -2.05. The molecule has 2 N–H and O–H groups in total. The molecule has 3 nitrogen and oxygen atoms in total.